The van der Waals surface area contributed by atoms with E-state index in [0.29, 0.717) is 0 Å². The second-order valence-corrected chi connectivity index (χ2v) is 4.04. The molecule has 70 valence electrons. The van der Waals surface area contributed by atoms with Gasteiger partial charge in [-0.25, -0.2) is 0 Å². The van der Waals surface area contributed by atoms with Gasteiger partial charge in [0.1, 0.15) is 17.7 Å². The summed E-state index contributed by atoms with van der Waals surface area (Å²) in [6, 6.07) is 3.82. The molecular formula is C10H15N3. The first-order chi connectivity index (χ1) is 5.91. The van der Waals surface area contributed by atoms with Crippen LogP contribution in [0.1, 0.15) is 27.7 Å². The summed E-state index contributed by atoms with van der Waals surface area (Å²) in [6.45, 7) is 8.30. The van der Waals surface area contributed by atoms with E-state index < -0.39 is 0 Å². The maximum Gasteiger partial charge on any atom is 0.145 e. The van der Waals surface area contributed by atoms with Crippen molar-refractivity contribution in [2.75, 3.05) is 0 Å². The number of hydrogen-bond donors (Lipinski definition) is 1. The Morgan fingerprint density at radius 2 is 1.77 bits per heavy atom. The Labute approximate surface area is 79.7 Å². The van der Waals surface area contributed by atoms with Crippen molar-refractivity contribution in [2.45, 2.75) is 33.7 Å². The van der Waals surface area contributed by atoms with Gasteiger partial charge in [-0.05, 0) is 12.3 Å². The number of nitrogens with zero attached hydrogens (tertiary/aromatic N) is 2. The number of hydrogen-bond acceptors (Lipinski definition) is 3. The van der Waals surface area contributed by atoms with Gasteiger partial charge < -0.3 is 5.32 Å². The van der Waals surface area contributed by atoms with Gasteiger partial charge in [0.2, 0.25) is 0 Å². The summed E-state index contributed by atoms with van der Waals surface area (Å²) in [7, 11) is 0. The molecule has 0 aromatic carbocycles. The van der Waals surface area contributed by atoms with Gasteiger partial charge in [0.15, 0.2) is 0 Å². The van der Waals surface area contributed by atoms with E-state index in [2.05, 4.69) is 26.1 Å². The Kier molecular flexibility index (Phi) is 4.01. The summed E-state index contributed by atoms with van der Waals surface area (Å²) in [5.74, 6) is 0. The lowest BCUT2D eigenvalue weighted by molar-refractivity contribution is 0.308. The highest BCUT2D eigenvalue weighted by Crippen LogP contribution is 2.18. The fraction of sp³-hybridized carbons (Fsp3) is 0.600. The predicted molar refractivity (Wildman–Crippen MR) is 51.4 cm³/mol. The van der Waals surface area contributed by atoms with Crippen molar-refractivity contribution in [3.63, 3.8) is 0 Å². The lowest BCUT2D eigenvalue weighted by Gasteiger charge is -2.27. The average molecular weight is 177 g/mol. The molecule has 3 heteroatoms. The molecule has 0 aromatic rings. The number of nitrogens with one attached hydrogen (secondary N) is 1. The molecule has 0 bridgehead atoms. The summed E-state index contributed by atoms with van der Waals surface area (Å²) in [5.41, 5.74) is 0.225. The van der Waals surface area contributed by atoms with Crippen LogP contribution < -0.4 is 5.32 Å². The minimum absolute atomic E-state index is 0.108. The van der Waals surface area contributed by atoms with E-state index in [1.807, 2.05) is 6.92 Å². The van der Waals surface area contributed by atoms with Crippen LogP contribution in [0.2, 0.25) is 0 Å². The molecular weight excluding hydrogens is 162 g/mol. The molecule has 13 heavy (non-hydrogen) atoms. The number of allylic oxidation sites excluding steroid dienone is 1. The fourth-order valence-corrected chi connectivity index (χ4v) is 0.548. The van der Waals surface area contributed by atoms with Gasteiger partial charge in [-0.2, -0.15) is 10.5 Å². The molecule has 0 saturated heterocycles. The van der Waals surface area contributed by atoms with Crippen molar-refractivity contribution in [1.82, 2.24) is 5.32 Å². The third kappa shape index (κ3) is 4.18. The Bertz CT molecular complexity index is 254. The molecule has 1 atom stereocenters. The molecule has 0 aliphatic carbocycles. The van der Waals surface area contributed by atoms with E-state index in [4.69, 9.17) is 10.5 Å². The van der Waals surface area contributed by atoms with Crippen LogP contribution in [-0.2, 0) is 0 Å². The third-order valence-corrected chi connectivity index (χ3v) is 2.02. The molecule has 3 nitrogen and oxygen atoms in total. The van der Waals surface area contributed by atoms with Gasteiger partial charge in [-0.15, -0.1) is 0 Å². The van der Waals surface area contributed by atoms with Crippen LogP contribution in [0.15, 0.2) is 11.8 Å². The predicted octanol–water partition coefficient (Wildman–Crippen LogP) is 1.94. The molecule has 0 aliphatic heterocycles. The van der Waals surface area contributed by atoms with Gasteiger partial charge >= 0.3 is 0 Å². The highest BCUT2D eigenvalue weighted by atomic mass is 14.9. The molecule has 0 amide bonds. The maximum absolute atomic E-state index is 8.46. The van der Waals surface area contributed by atoms with Crippen LogP contribution in [0.25, 0.3) is 0 Å². The standard InChI is InChI=1S/C10H15N3/c1-8(10(2,3)4)13-7-9(5-11)6-12/h7-8,13H,1-4H3/t8-/m0/s1. The maximum atomic E-state index is 8.46. The summed E-state index contributed by atoms with van der Waals surface area (Å²) >= 11 is 0. The van der Waals surface area contributed by atoms with Crippen molar-refractivity contribution in [1.29, 1.82) is 10.5 Å². The Hall–Kier alpha value is -1.48. The fourth-order valence-electron chi connectivity index (χ4n) is 0.548. The Balaban J connectivity index is 4.28. The van der Waals surface area contributed by atoms with Crippen molar-refractivity contribution in [3.05, 3.63) is 11.8 Å². The largest absolute Gasteiger partial charge is 0.386 e. The topological polar surface area (TPSA) is 59.6 Å². The van der Waals surface area contributed by atoms with E-state index in [1.54, 1.807) is 12.1 Å². The zero-order chi connectivity index (χ0) is 10.5. The van der Waals surface area contributed by atoms with Crippen LogP contribution in [-0.4, -0.2) is 6.04 Å². The van der Waals surface area contributed by atoms with Crippen molar-refractivity contribution < 1.29 is 0 Å². The first kappa shape index (κ1) is 11.5. The van der Waals surface area contributed by atoms with Crippen LogP contribution in [0, 0.1) is 28.1 Å². The molecule has 0 aliphatic rings. The van der Waals surface area contributed by atoms with Crippen LogP contribution in [0.4, 0.5) is 0 Å². The summed E-state index contributed by atoms with van der Waals surface area (Å²) in [4.78, 5) is 0. The second-order valence-electron chi connectivity index (χ2n) is 4.04. The molecule has 1 N–H and O–H groups in total. The highest BCUT2D eigenvalue weighted by Gasteiger charge is 2.18. The van der Waals surface area contributed by atoms with E-state index in [0.717, 1.165) is 0 Å². The highest BCUT2D eigenvalue weighted by molar-refractivity contribution is 5.34. The van der Waals surface area contributed by atoms with Crippen molar-refractivity contribution >= 4 is 0 Å². The van der Waals surface area contributed by atoms with Gasteiger partial charge in [0.05, 0.1) is 0 Å². The first-order valence-electron chi connectivity index (χ1n) is 4.18. The summed E-state index contributed by atoms with van der Waals surface area (Å²) in [6.07, 6.45) is 1.47. The third-order valence-electron chi connectivity index (χ3n) is 2.02. The molecule has 0 unspecified atom stereocenters. The van der Waals surface area contributed by atoms with Gasteiger partial charge in [-0.1, -0.05) is 20.8 Å². The number of rotatable bonds is 2. The first-order valence-corrected chi connectivity index (χ1v) is 4.18. The molecule has 0 rings (SSSR count). The lowest BCUT2D eigenvalue weighted by atomic mass is 9.88. The summed E-state index contributed by atoms with van der Waals surface area (Å²) < 4.78 is 0. The Morgan fingerprint density at radius 1 is 1.31 bits per heavy atom. The summed E-state index contributed by atoms with van der Waals surface area (Å²) in [5, 5.41) is 19.9. The van der Waals surface area contributed by atoms with E-state index >= 15 is 0 Å². The molecule has 0 spiro atoms. The smallest absolute Gasteiger partial charge is 0.145 e. The minimum Gasteiger partial charge on any atom is -0.386 e. The SMILES string of the molecule is C[C@H](NC=C(C#N)C#N)C(C)(C)C. The van der Waals surface area contributed by atoms with Crippen LogP contribution in [0.5, 0.6) is 0 Å². The van der Waals surface area contributed by atoms with Crippen molar-refractivity contribution in [2.24, 2.45) is 5.41 Å². The van der Waals surface area contributed by atoms with E-state index in [-0.39, 0.29) is 17.0 Å². The van der Waals surface area contributed by atoms with Gasteiger partial charge in [0.25, 0.3) is 0 Å². The molecule has 0 fully saturated rings. The minimum atomic E-state index is 0.108. The zero-order valence-electron chi connectivity index (χ0n) is 8.55. The van der Waals surface area contributed by atoms with Gasteiger partial charge in [0, 0.05) is 12.2 Å². The van der Waals surface area contributed by atoms with Crippen LogP contribution >= 0.6 is 0 Å². The number of nitriles is 2. The average Bonchev–Trinajstić information content (AvgIpc) is 2.04. The second kappa shape index (κ2) is 4.52. The zero-order valence-corrected chi connectivity index (χ0v) is 8.55. The van der Waals surface area contributed by atoms with E-state index in [9.17, 15) is 0 Å². The monoisotopic (exact) mass is 177 g/mol. The molecule has 0 heterocycles. The molecule has 0 radical (unpaired) electrons. The quantitative estimate of drug-likeness (QED) is 0.656. The normalized spacial score (nSPS) is 12.2. The van der Waals surface area contributed by atoms with Gasteiger partial charge in [-0.3, -0.25) is 0 Å². The Morgan fingerprint density at radius 3 is 2.08 bits per heavy atom. The molecule has 0 saturated carbocycles. The molecule has 0 aromatic heterocycles. The van der Waals surface area contributed by atoms with Crippen molar-refractivity contribution in [3.8, 4) is 12.1 Å². The van der Waals surface area contributed by atoms with Crippen LogP contribution in [0.3, 0.4) is 0 Å². The van der Waals surface area contributed by atoms with E-state index in [1.165, 1.54) is 6.20 Å². The lowest BCUT2D eigenvalue weighted by Crippen LogP contribution is -2.34.